The second-order valence-corrected chi connectivity index (χ2v) is 10.6. The van der Waals surface area contributed by atoms with E-state index in [-0.39, 0.29) is 23.2 Å². The summed E-state index contributed by atoms with van der Waals surface area (Å²) in [6.07, 6.45) is 7.43. The zero-order valence-corrected chi connectivity index (χ0v) is 17.8. The molecule has 4 rings (SSSR count). The SMILES string of the molecule is CC(C)(C)[C@@H]1CCc2c(C(=O)NNC(=O)[C@@H]3[C@@H](C(=O)O)[C@H]4C=C[C@@H]3C4)csc2C1. The van der Waals surface area contributed by atoms with Crippen LogP contribution in [0.3, 0.4) is 0 Å². The van der Waals surface area contributed by atoms with E-state index in [0.717, 1.165) is 24.8 Å². The lowest BCUT2D eigenvalue weighted by atomic mass is 9.72. The second-order valence-electron chi connectivity index (χ2n) is 9.64. The van der Waals surface area contributed by atoms with E-state index in [0.29, 0.717) is 17.9 Å². The van der Waals surface area contributed by atoms with Crippen LogP contribution >= 0.6 is 11.3 Å². The minimum atomic E-state index is -0.950. The highest BCUT2D eigenvalue weighted by molar-refractivity contribution is 7.10. The highest BCUT2D eigenvalue weighted by Gasteiger charge is 2.51. The predicted molar refractivity (Wildman–Crippen MR) is 110 cm³/mol. The summed E-state index contributed by atoms with van der Waals surface area (Å²) in [5.41, 5.74) is 6.97. The fourth-order valence-electron chi connectivity index (χ4n) is 5.23. The van der Waals surface area contributed by atoms with E-state index in [1.165, 1.54) is 4.88 Å². The minimum absolute atomic E-state index is 0.0683. The van der Waals surface area contributed by atoms with Crippen LogP contribution in [0.15, 0.2) is 17.5 Å². The van der Waals surface area contributed by atoms with E-state index in [1.54, 1.807) is 11.3 Å². The van der Waals surface area contributed by atoms with Gasteiger partial charge in [0.05, 0.1) is 17.4 Å². The smallest absolute Gasteiger partial charge is 0.307 e. The van der Waals surface area contributed by atoms with Gasteiger partial charge in [0.15, 0.2) is 0 Å². The van der Waals surface area contributed by atoms with Crippen LogP contribution in [0.2, 0.25) is 0 Å². The molecule has 0 aliphatic heterocycles. The first-order valence-electron chi connectivity index (χ1n) is 10.3. The van der Waals surface area contributed by atoms with E-state index in [4.69, 9.17) is 0 Å². The number of carbonyl (C=O) groups is 3. The van der Waals surface area contributed by atoms with Crippen molar-refractivity contribution < 1.29 is 19.5 Å². The van der Waals surface area contributed by atoms with E-state index >= 15 is 0 Å². The van der Waals surface area contributed by atoms with Crippen LogP contribution < -0.4 is 10.9 Å². The number of fused-ring (bicyclic) bond motifs is 3. The number of hydrogen-bond acceptors (Lipinski definition) is 4. The molecule has 3 aliphatic rings. The zero-order chi connectivity index (χ0) is 20.9. The van der Waals surface area contributed by atoms with E-state index in [2.05, 4.69) is 31.6 Å². The van der Waals surface area contributed by atoms with Crippen molar-refractivity contribution in [2.45, 2.75) is 46.5 Å². The largest absolute Gasteiger partial charge is 0.481 e. The Morgan fingerprint density at radius 1 is 1.10 bits per heavy atom. The average Bonchev–Trinajstić information content (AvgIpc) is 3.37. The van der Waals surface area contributed by atoms with Gasteiger partial charge in [0.2, 0.25) is 5.91 Å². The maximum atomic E-state index is 12.7. The summed E-state index contributed by atoms with van der Waals surface area (Å²) in [4.78, 5) is 38.2. The molecule has 0 saturated heterocycles. The Labute approximate surface area is 174 Å². The molecule has 1 fully saturated rings. The Balaban J connectivity index is 1.40. The quantitative estimate of drug-likeness (QED) is 0.521. The number of hydrazine groups is 1. The van der Waals surface area contributed by atoms with Crippen molar-refractivity contribution in [3.05, 3.63) is 33.5 Å². The van der Waals surface area contributed by atoms with Gasteiger partial charge in [-0.1, -0.05) is 32.9 Å². The Morgan fingerprint density at radius 2 is 1.79 bits per heavy atom. The lowest BCUT2D eigenvalue weighted by Gasteiger charge is -2.34. The first-order valence-corrected chi connectivity index (χ1v) is 11.2. The zero-order valence-electron chi connectivity index (χ0n) is 17.0. The van der Waals surface area contributed by atoms with E-state index in [1.807, 2.05) is 17.5 Å². The number of carboxylic acid groups (broad SMARTS) is 1. The van der Waals surface area contributed by atoms with Gasteiger partial charge in [-0.15, -0.1) is 11.3 Å². The topological polar surface area (TPSA) is 95.5 Å². The highest BCUT2D eigenvalue weighted by Crippen LogP contribution is 2.48. The third-order valence-corrected chi connectivity index (χ3v) is 8.02. The molecule has 156 valence electrons. The molecule has 0 radical (unpaired) electrons. The number of allylic oxidation sites excluding steroid dienone is 2. The fourth-order valence-corrected chi connectivity index (χ4v) is 6.39. The maximum absolute atomic E-state index is 12.7. The molecule has 3 aliphatic carbocycles. The molecule has 3 N–H and O–H groups in total. The summed E-state index contributed by atoms with van der Waals surface area (Å²) in [5.74, 6) is -2.60. The van der Waals surface area contributed by atoms with Gasteiger partial charge < -0.3 is 5.11 Å². The van der Waals surface area contributed by atoms with Gasteiger partial charge >= 0.3 is 5.97 Å². The number of nitrogens with one attached hydrogen (secondary N) is 2. The molecule has 1 aromatic heterocycles. The molecule has 2 amide bonds. The molecule has 6 nitrogen and oxygen atoms in total. The van der Waals surface area contributed by atoms with Crippen molar-refractivity contribution in [3.63, 3.8) is 0 Å². The molecule has 1 saturated carbocycles. The molecule has 5 atom stereocenters. The van der Waals surface area contributed by atoms with Crippen LogP contribution in [-0.4, -0.2) is 22.9 Å². The van der Waals surface area contributed by atoms with Crippen molar-refractivity contribution in [3.8, 4) is 0 Å². The summed E-state index contributed by atoms with van der Waals surface area (Å²) >= 11 is 1.61. The fraction of sp³-hybridized carbons (Fsp3) is 0.591. The standard InChI is InChI=1S/C22H28N2O4S/c1-22(2,3)13-6-7-14-15(10-29-16(14)9-13)19(25)23-24-20(26)17-11-4-5-12(8-11)18(17)21(27)28/h4-5,10-13,17-18H,6-9H2,1-3H3,(H,23,25)(H,24,26)(H,27,28)/t11-,12+,13-,17+,18+/m1/s1. The van der Waals surface area contributed by atoms with Crippen molar-refractivity contribution in [2.24, 2.45) is 35.0 Å². The summed E-state index contributed by atoms with van der Waals surface area (Å²) in [6.45, 7) is 6.78. The van der Waals surface area contributed by atoms with Crippen LogP contribution in [0.4, 0.5) is 0 Å². The molecule has 0 spiro atoms. The predicted octanol–water partition coefficient (Wildman–Crippen LogP) is 3.18. The first-order chi connectivity index (χ1) is 13.7. The number of rotatable bonds is 3. The maximum Gasteiger partial charge on any atom is 0.307 e. The second kappa shape index (κ2) is 7.27. The van der Waals surface area contributed by atoms with Gasteiger partial charge in [-0.05, 0) is 54.4 Å². The Hall–Kier alpha value is -2.15. The van der Waals surface area contributed by atoms with Gasteiger partial charge in [-0.2, -0.15) is 0 Å². The van der Waals surface area contributed by atoms with Crippen LogP contribution in [-0.2, 0) is 22.4 Å². The van der Waals surface area contributed by atoms with Crippen molar-refractivity contribution in [1.82, 2.24) is 10.9 Å². The molecule has 0 unspecified atom stereocenters. The van der Waals surface area contributed by atoms with Gasteiger partial charge in [-0.25, -0.2) is 0 Å². The molecule has 29 heavy (non-hydrogen) atoms. The van der Waals surface area contributed by atoms with Crippen molar-refractivity contribution in [2.75, 3.05) is 0 Å². The monoisotopic (exact) mass is 416 g/mol. The van der Waals surface area contributed by atoms with Gasteiger partial charge in [-0.3, -0.25) is 25.2 Å². The Kier molecular flexibility index (Phi) is 5.05. The highest BCUT2D eigenvalue weighted by atomic mass is 32.1. The molecular weight excluding hydrogens is 388 g/mol. The Morgan fingerprint density at radius 3 is 2.45 bits per heavy atom. The third-order valence-electron chi connectivity index (χ3n) is 6.97. The first kappa shape index (κ1) is 20.1. The van der Waals surface area contributed by atoms with E-state index in [9.17, 15) is 19.5 Å². The van der Waals surface area contributed by atoms with Gasteiger partial charge in [0.25, 0.3) is 5.91 Å². The lowest BCUT2D eigenvalue weighted by molar-refractivity contribution is -0.148. The summed E-state index contributed by atoms with van der Waals surface area (Å²) in [5, 5.41) is 11.4. The van der Waals surface area contributed by atoms with Gasteiger partial charge in [0.1, 0.15) is 0 Å². The molecule has 1 heterocycles. The molecular formula is C22H28N2O4S. The van der Waals surface area contributed by atoms with Crippen molar-refractivity contribution >= 4 is 29.1 Å². The van der Waals surface area contributed by atoms with Crippen LogP contribution in [0, 0.1) is 35.0 Å². The number of carbonyl (C=O) groups excluding carboxylic acids is 2. The molecule has 7 heteroatoms. The van der Waals surface area contributed by atoms with Crippen LogP contribution in [0.5, 0.6) is 0 Å². The number of thiophene rings is 1. The molecule has 1 aromatic rings. The summed E-state index contributed by atoms with van der Waals surface area (Å²) in [6, 6.07) is 0. The minimum Gasteiger partial charge on any atom is -0.481 e. The van der Waals surface area contributed by atoms with Gasteiger partial charge in [0, 0.05) is 10.3 Å². The third kappa shape index (κ3) is 3.61. The number of aliphatic carboxylic acids is 1. The van der Waals surface area contributed by atoms with Crippen LogP contribution in [0.25, 0.3) is 0 Å². The van der Waals surface area contributed by atoms with E-state index < -0.39 is 23.7 Å². The normalized spacial score (nSPS) is 30.1. The number of carboxylic acids is 1. The number of hydrogen-bond donors (Lipinski definition) is 3. The van der Waals surface area contributed by atoms with Crippen molar-refractivity contribution in [1.29, 1.82) is 0 Å². The molecule has 0 aromatic carbocycles. The summed E-state index contributed by atoms with van der Waals surface area (Å²) in [7, 11) is 0. The number of amides is 2. The molecule has 2 bridgehead atoms. The average molecular weight is 417 g/mol. The summed E-state index contributed by atoms with van der Waals surface area (Å²) < 4.78 is 0. The lowest BCUT2D eigenvalue weighted by Crippen LogP contribution is -2.48. The Bertz CT molecular complexity index is 882. The van der Waals surface area contributed by atoms with Crippen LogP contribution in [0.1, 0.15) is 54.4 Å².